The summed E-state index contributed by atoms with van der Waals surface area (Å²) in [6, 6.07) is 24.4. The largest absolute Gasteiger partial charge is 0.492 e. The maximum Gasteiger partial charge on any atom is 0.132 e. The maximum atomic E-state index is 5.88. The van der Waals surface area contributed by atoms with E-state index in [0.29, 0.717) is 0 Å². The molecule has 0 aliphatic rings. The molecule has 0 atom stereocenters. The molecular formula is C27H31IO. The van der Waals surface area contributed by atoms with Gasteiger partial charge in [-0.1, -0.05) is 87.7 Å². The number of rotatable bonds is 10. The molecule has 152 valence electrons. The SMILES string of the molecule is CCCCCc1ccc(-c2ccc(-c3ccc(OCCCC)c(I)c3)cc2)cc1. The van der Waals surface area contributed by atoms with Crippen molar-refractivity contribution < 1.29 is 4.74 Å². The zero-order valence-corrected chi connectivity index (χ0v) is 19.7. The molecule has 0 amide bonds. The average molecular weight is 498 g/mol. The van der Waals surface area contributed by atoms with E-state index in [1.807, 2.05) is 0 Å². The number of aryl methyl sites for hydroxylation is 1. The molecule has 3 aromatic rings. The number of hydrogen-bond donors (Lipinski definition) is 0. The van der Waals surface area contributed by atoms with Gasteiger partial charge in [0.1, 0.15) is 5.75 Å². The van der Waals surface area contributed by atoms with Gasteiger partial charge in [-0.3, -0.25) is 0 Å². The zero-order valence-electron chi connectivity index (χ0n) is 17.6. The molecule has 0 saturated carbocycles. The van der Waals surface area contributed by atoms with E-state index in [1.165, 1.54) is 57.1 Å². The first kappa shape index (κ1) is 21.9. The molecule has 0 heterocycles. The lowest BCUT2D eigenvalue weighted by Gasteiger charge is -2.10. The van der Waals surface area contributed by atoms with Crippen LogP contribution in [0.5, 0.6) is 5.75 Å². The van der Waals surface area contributed by atoms with Crippen LogP contribution in [0.1, 0.15) is 51.5 Å². The normalized spacial score (nSPS) is 10.9. The highest BCUT2D eigenvalue weighted by atomic mass is 127. The molecule has 0 N–H and O–H groups in total. The van der Waals surface area contributed by atoms with Crippen LogP contribution in [0.4, 0.5) is 0 Å². The fourth-order valence-electron chi connectivity index (χ4n) is 3.42. The second kappa shape index (κ2) is 11.4. The number of benzene rings is 3. The lowest BCUT2D eigenvalue weighted by molar-refractivity contribution is 0.307. The summed E-state index contributed by atoms with van der Waals surface area (Å²) in [6.45, 7) is 5.23. The van der Waals surface area contributed by atoms with Gasteiger partial charge < -0.3 is 4.74 Å². The standard InChI is InChI=1S/C27H31IO/c1-3-5-7-8-21-9-11-22(12-10-21)23-13-15-24(16-14-23)25-17-18-27(26(28)20-25)29-19-6-4-2/h9-18,20H,3-8,19H2,1-2H3. The molecule has 0 saturated heterocycles. The van der Waals surface area contributed by atoms with Crippen molar-refractivity contribution in [2.75, 3.05) is 6.61 Å². The van der Waals surface area contributed by atoms with Crippen LogP contribution in [-0.4, -0.2) is 6.61 Å². The Labute approximate surface area is 189 Å². The first-order valence-corrected chi connectivity index (χ1v) is 11.9. The predicted octanol–water partition coefficient (Wildman–Crippen LogP) is 8.54. The number of halogens is 1. The molecule has 0 bridgehead atoms. The van der Waals surface area contributed by atoms with Crippen LogP contribution in [0, 0.1) is 3.57 Å². The highest BCUT2D eigenvalue weighted by molar-refractivity contribution is 14.1. The summed E-state index contributed by atoms with van der Waals surface area (Å²) >= 11 is 2.37. The predicted molar refractivity (Wildman–Crippen MR) is 134 cm³/mol. The molecule has 2 heteroatoms. The molecule has 0 aromatic heterocycles. The van der Waals surface area contributed by atoms with Crippen molar-refractivity contribution >= 4 is 22.6 Å². The van der Waals surface area contributed by atoms with Crippen molar-refractivity contribution in [2.24, 2.45) is 0 Å². The lowest BCUT2D eigenvalue weighted by atomic mass is 9.98. The molecule has 3 rings (SSSR count). The fraction of sp³-hybridized carbons (Fsp3) is 0.333. The second-order valence-electron chi connectivity index (χ2n) is 7.58. The third kappa shape index (κ3) is 6.33. The van der Waals surface area contributed by atoms with Crippen LogP contribution in [0.2, 0.25) is 0 Å². The van der Waals surface area contributed by atoms with Gasteiger partial charge in [0.15, 0.2) is 0 Å². The van der Waals surface area contributed by atoms with Gasteiger partial charge in [-0.15, -0.1) is 0 Å². The molecule has 0 fully saturated rings. The van der Waals surface area contributed by atoms with E-state index in [1.54, 1.807) is 0 Å². The topological polar surface area (TPSA) is 9.23 Å². The Bertz CT molecular complexity index is 881. The maximum absolute atomic E-state index is 5.88. The fourth-order valence-corrected chi connectivity index (χ4v) is 4.09. The van der Waals surface area contributed by atoms with Crippen LogP contribution in [0.3, 0.4) is 0 Å². The van der Waals surface area contributed by atoms with E-state index in [2.05, 4.69) is 103 Å². The summed E-state index contributed by atoms with van der Waals surface area (Å²) in [5.74, 6) is 0.985. The summed E-state index contributed by atoms with van der Waals surface area (Å²) in [4.78, 5) is 0. The van der Waals surface area contributed by atoms with Crippen LogP contribution in [0.25, 0.3) is 22.3 Å². The zero-order chi connectivity index (χ0) is 20.5. The highest BCUT2D eigenvalue weighted by Gasteiger charge is 2.06. The Kier molecular flexibility index (Phi) is 8.60. The Hall–Kier alpha value is -1.81. The van der Waals surface area contributed by atoms with Gasteiger partial charge >= 0.3 is 0 Å². The van der Waals surface area contributed by atoms with E-state index in [0.717, 1.165) is 25.2 Å². The summed E-state index contributed by atoms with van der Waals surface area (Å²) in [5.41, 5.74) is 6.46. The van der Waals surface area contributed by atoms with E-state index < -0.39 is 0 Å². The lowest BCUT2D eigenvalue weighted by Crippen LogP contribution is -1.98. The van der Waals surface area contributed by atoms with E-state index in [-0.39, 0.29) is 0 Å². The second-order valence-corrected chi connectivity index (χ2v) is 8.74. The highest BCUT2D eigenvalue weighted by Crippen LogP contribution is 2.30. The summed E-state index contributed by atoms with van der Waals surface area (Å²) in [5, 5.41) is 0. The van der Waals surface area contributed by atoms with Gasteiger partial charge in [0, 0.05) is 0 Å². The van der Waals surface area contributed by atoms with Crippen LogP contribution in [0.15, 0.2) is 66.7 Å². The molecule has 0 aliphatic heterocycles. The Morgan fingerprint density at radius 3 is 1.79 bits per heavy atom. The van der Waals surface area contributed by atoms with Crippen molar-refractivity contribution in [2.45, 2.75) is 52.4 Å². The Morgan fingerprint density at radius 2 is 1.21 bits per heavy atom. The van der Waals surface area contributed by atoms with Crippen LogP contribution >= 0.6 is 22.6 Å². The van der Waals surface area contributed by atoms with Gasteiger partial charge in [-0.05, 0) is 81.8 Å². The van der Waals surface area contributed by atoms with Crippen molar-refractivity contribution in [3.05, 3.63) is 75.9 Å². The Balaban J connectivity index is 1.67. The van der Waals surface area contributed by atoms with Crippen molar-refractivity contribution in [1.29, 1.82) is 0 Å². The van der Waals surface area contributed by atoms with E-state index in [9.17, 15) is 0 Å². The van der Waals surface area contributed by atoms with Gasteiger partial charge in [0.25, 0.3) is 0 Å². The van der Waals surface area contributed by atoms with Crippen molar-refractivity contribution in [1.82, 2.24) is 0 Å². The van der Waals surface area contributed by atoms with Gasteiger partial charge in [0.2, 0.25) is 0 Å². The molecular weight excluding hydrogens is 467 g/mol. The summed E-state index contributed by atoms with van der Waals surface area (Å²) in [7, 11) is 0. The van der Waals surface area contributed by atoms with Crippen molar-refractivity contribution in [3.8, 4) is 28.0 Å². The van der Waals surface area contributed by atoms with Crippen LogP contribution in [-0.2, 0) is 6.42 Å². The average Bonchev–Trinajstić information content (AvgIpc) is 2.76. The van der Waals surface area contributed by atoms with Gasteiger partial charge in [-0.2, -0.15) is 0 Å². The number of ether oxygens (including phenoxy) is 1. The number of hydrogen-bond acceptors (Lipinski definition) is 1. The molecule has 0 spiro atoms. The first-order valence-electron chi connectivity index (χ1n) is 10.8. The minimum atomic E-state index is 0.790. The van der Waals surface area contributed by atoms with Crippen molar-refractivity contribution in [3.63, 3.8) is 0 Å². The quantitative estimate of drug-likeness (QED) is 0.201. The molecule has 1 nitrogen and oxygen atoms in total. The number of unbranched alkanes of at least 4 members (excludes halogenated alkanes) is 3. The third-order valence-corrected chi connectivity index (χ3v) is 6.10. The molecule has 0 radical (unpaired) electrons. The molecule has 0 aliphatic carbocycles. The summed E-state index contributed by atoms with van der Waals surface area (Å²) < 4.78 is 7.04. The van der Waals surface area contributed by atoms with E-state index >= 15 is 0 Å². The third-order valence-electron chi connectivity index (χ3n) is 5.26. The van der Waals surface area contributed by atoms with Crippen LogP contribution < -0.4 is 4.74 Å². The van der Waals surface area contributed by atoms with E-state index in [4.69, 9.17) is 4.74 Å². The van der Waals surface area contributed by atoms with Gasteiger partial charge in [-0.25, -0.2) is 0 Å². The smallest absolute Gasteiger partial charge is 0.132 e. The van der Waals surface area contributed by atoms with Gasteiger partial charge in [0.05, 0.1) is 10.2 Å². The monoisotopic (exact) mass is 498 g/mol. The summed E-state index contributed by atoms with van der Waals surface area (Å²) in [6.07, 6.45) is 7.31. The molecule has 0 unspecified atom stereocenters. The molecule has 3 aromatic carbocycles. The minimum Gasteiger partial charge on any atom is -0.492 e. The minimum absolute atomic E-state index is 0.790. The molecule has 29 heavy (non-hydrogen) atoms. The first-order chi connectivity index (χ1) is 14.2. The Morgan fingerprint density at radius 1 is 0.655 bits per heavy atom.